The van der Waals surface area contributed by atoms with Crippen molar-refractivity contribution in [2.24, 2.45) is 17.1 Å². The fourth-order valence-corrected chi connectivity index (χ4v) is 2.60. The fourth-order valence-electron chi connectivity index (χ4n) is 2.34. The molecule has 0 atom stereocenters. The Labute approximate surface area is 107 Å². The zero-order valence-electron chi connectivity index (χ0n) is 10.4. The number of nitrogens with zero attached hydrogens (tertiary/aromatic N) is 1. The van der Waals surface area contributed by atoms with E-state index in [1.54, 1.807) is 7.05 Å². The van der Waals surface area contributed by atoms with Crippen LogP contribution in [0.25, 0.3) is 0 Å². The maximum atomic E-state index is 12.3. The quantitative estimate of drug-likeness (QED) is 0.689. The molecule has 0 aromatic heterocycles. The summed E-state index contributed by atoms with van der Waals surface area (Å²) in [7, 11) is 3.13. The lowest BCUT2D eigenvalue weighted by Gasteiger charge is -2.45. The van der Waals surface area contributed by atoms with E-state index in [0.717, 1.165) is 0 Å². The highest BCUT2D eigenvalue weighted by Gasteiger charge is 2.52. The fraction of sp³-hybridized carbons (Fsp3) is 0.727. The molecule has 0 bridgehead atoms. The summed E-state index contributed by atoms with van der Waals surface area (Å²) in [5, 5.41) is 2.48. The van der Waals surface area contributed by atoms with Crippen molar-refractivity contribution in [3.05, 3.63) is 0 Å². The summed E-state index contributed by atoms with van der Waals surface area (Å²) < 4.78 is 0. The van der Waals surface area contributed by atoms with Gasteiger partial charge in [-0.1, -0.05) is 19.1 Å². The molecule has 0 heterocycles. The van der Waals surface area contributed by atoms with Crippen molar-refractivity contribution in [1.82, 2.24) is 10.2 Å². The number of likely N-dealkylation sites (N-methyl/N-ethyl adjacent to an activating group) is 2. The highest BCUT2D eigenvalue weighted by Crippen LogP contribution is 2.46. The van der Waals surface area contributed by atoms with Crippen molar-refractivity contribution < 1.29 is 9.59 Å². The van der Waals surface area contributed by atoms with E-state index in [4.69, 9.17) is 18.0 Å². The molecule has 0 spiro atoms. The topological polar surface area (TPSA) is 75.4 Å². The predicted molar refractivity (Wildman–Crippen MR) is 69.3 cm³/mol. The normalized spacial score (nSPS) is 26.9. The van der Waals surface area contributed by atoms with Crippen molar-refractivity contribution >= 4 is 29.0 Å². The van der Waals surface area contributed by atoms with Crippen LogP contribution in [0.15, 0.2) is 0 Å². The number of rotatable bonds is 4. The van der Waals surface area contributed by atoms with Gasteiger partial charge >= 0.3 is 0 Å². The Morgan fingerprint density at radius 3 is 2.41 bits per heavy atom. The van der Waals surface area contributed by atoms with Crippen LogP contribution >= 0.6 is 12.2 Å². The van der Waals surface area contributed by atoms with Crippen LogP contribution in [0.4, 0.5) is 0 Å². The van der Waals surface area contributed by atoms with Crippen molar-refractivity contribution in [2.45, 2.75) is 19.8 Å². The third-order valence-corrected chi connectivity index (χ3v) is 3.67. The Morgan fingerprint density at radius 2 is 2.06 bits per heavy atom. The molecule has 0 aliphatic heterocycles. The second-order valence-electron chi connectivity index (χ2n) is 4.79. The highest BCUT2D eigenvalue weighted by molar-refractivity contribution is 7.80. The Kier molecular flexibility index (Phi) is 4.08. The summed E-state index contributed by atoms with van der Waals surface area (Å²) >= 11 is 5.00. The summed E-state index contributed by atoms with van der Waals surface area (Å²) in [5.74, 6) is 0.104. The third kappa shape index (κ3) is 2.57. The number of thiocarbonyl (C=S) groups is 1. The van der Waals surface area contributed by atoms with E-state index < -0.39 is 5.41 Å². The van der Waals surface area contributed by atoms with Crippen molar-refractivity contribution in [1.29, 1.82) is 0 Å². The van der Waals surface area contributed by atoms with E-state index in [1.165, 1.54) is 11.9 Å². The monoisotopic (exact) mass is 257 g/mol. The molecule has 0 radical (unpaired) electrons. The van der Waals surface area contributed by atoms with Crippen molar-refractivity contribution in [3.8, 4) is 0 Å². The van der Waals surface area contributed by atoms with E-state index in [1.807, 2.05) is 0 Å². The molecule has 96 valence electrons. The van der Waals surface area contributed by atoms with Gasteiger partial charge < -0.3 is 16.0 Å². The Balaban J connectivity index is 2.73. The number of nitrogens with one attached hydrogen (secondary N) is 1. The van der Waals surface area contributed by atoms with E-state index in [2.05, 4.69) is 12.2 Å². The van der Waals surface area contributed by atoms with Crippen LogP contribution in [0, 0.1) is 11.3 Å². The minimum atomic E-state index is -0.725. The average molecular weight is 257 g/mol. The minimum Gasteiger partial charge on any atom is -0.392 e. The zero-order chi connectivity index (χ0) is 13.2. The highest BCUT2D eigenvalue weighted by atomic mass is 32.1. The maximum Gasteiger partial charge on any atom is 0.239 e. The van der Waals surface area contributed by atoms with Crippen LogP contribution < -0.4 is 11.1 Å². The van der Waals surface area contributed by atoms with Gasteiger partial charge in [0, 0.05) is 14.1 Å². The zero-order valence-corrected chi connectivity index (χ0v) is 11.3. The van der Waals surface area contributed by atoms with Gasteiger partial charge in [0.25, 0.3) is 0 Å². The number of hydrogen-bond acceptors (Lipinski definition) is 3. The Hall–Kier alpha value is -1.17. The number of amides is 2. The van der Waals surface area contributed by atoms with Gasteiger partial charge in [0.15, 0.2) is 0 Å². The van der Waals surface area contributed by atoms with Crippen LogP contribution in [0.5, 0.6) is 0 Å². The van der Waals surface area contributed by atoms with E-state index in [0.29, 0.717) is 18.8 Å². The lowest BCUT2D eigenvalue weighted by Crippen LogP contribution is -2.57. The number of nitrogens with two attached hydrogens (primary N) is 1. The molecule has 6 heteroatoms. The second kappa shape index (κ2) is 5.00. The van der Waals surface area contributed by atoms with E-state index in [-0.39, 0.29) is 23.3 Å². The van der Waals surface area contributed by atoms with Gasteiger partial charge in [-0.3, -0.25) is 9.59 Å². The summed E-state index contributed by atoms with van der Waals surface area (Å²) in [5.41, 5.74) is 4.96. The molecule has 1 aliphatic carbocycles. The first-order valence-corrected chi connectivity index (χ1v) is 6.00. The number of carbonyl (C=O) groups excluding carboxylic acids is 2. The van der Waals surface area contributed by atoms with Crippen LogP contribution in [0.3, 0.4) is 0 Å². The van der Waals surface area contributed by atoms with Gasteiger partial charge in [0.05, 0.1) is 16.9 Å². The molecule has 17 heavy (non-hydrogen) atoms. The lowest BCUT2D eigenvalue weighted by molar-refractivity contribution is -0.145. The van der Waals surface area contributed by atoms with Crippen molar-refractivity contribution in [2.75, 3.05) is 20.6 Å². The molecule has 0 unspecified atom stereocenters. The minimum absolute atomic E-state index is 0.0358. The average Bonchev–Trinajstić information content (AvgIpc) is 2.22. The predicted octanol–water partition coefficient (Wildman–Crippen LogP) is -0.107. The summed E-state index contributed by atoms with van der Waals surface area (Å²) in [6.45, 7) is 2.09. The number of hydrogen-bond donors (Lipinski definition) is 2. The molecule has 0 aromatic rings. The second-order valence-corrected chi connectivity index (χ2v) is 5.23. The standard InChI is InChI=1S/C11H19N3O2S/c1-7-4-11(5-7,9(12)17)10(16)14(3)6-8(15)13-2/h7H,4-6H2,1-3H3,(H2,12,17)(H,13,15). The van der Waals surface area contributed by atoms with Crippen LogP contribution in [-0.4, -0.2) is 42.3 Å². The van der Waals surface area contributed by atoms with E-state index >= 15 is 0 Å². The largest absolute Gasteiger partial charge is 0.392 e. The van der Waals surface area contributed by atoms with Gasteiger partial charge in [0.2, 0.25) is 11.8 Å². The van der Waals surface area contributed by atoms with Gasteiger partial charge in [-0.05, 0) is 18.8 Å². The third-order valence-electron chi connectivity index (χ3n) is 3.28. The molecule has 0 aromatic carbocycles. The molecular weight excluding hydrogens is 238 g/mol. The maximum absolute atomic E-state index is 12.3. The number of carbonyl (C=O) groups is 2. The summed E-state index contributed by atoms with van der Waals surface area (Å²) in [4.78, 5) is 25.1. The smallest absolute Gasteiger partial charge is 0.239 e. The Morgan fingerprint density at radius 1 is 1.53 bits per heavy atom. The first-order chi connectivity index (χ1) is 7.83. The van der Waals surface area contributed by atoms with Gasteiger partial charge in [-0.15, -0.1) is 0 Å². The summed E-state index contributed by atoms with van der Waals surface area (Å²) in [6.07, 6.45) is 1.36. The molecule has 3 N–H and O–H groups in total. The van der Waals surface area contributed by atoms with Gasteiger partial charge in [0.1, 0.15) is 0 Å². The summed E-state index contributed by atoms with van der Waals surface area (Å²) in [6, 6.07) is 0. The van der Waals surface area contributed by atoms with E-state index in [9.17, 15) is 9.59 Å². The SMILES string of the molecule is CNC(=O)CN(C)C(=O)C1(C(N)=S)CC(C)C1. The molecule has 1 rings (SSSR count). The molecule has 0 saturated heterocycles. The molecule has 1 aliphatic rings. The molecule has 1 saturated carbocycles. The molecular formula is C11H19N3O2S. The molecule has 2 amide bonds. The van der Waals surface area contributed by atoms with Gasteiger partial charge in [-0.2, -0.15) is 0 Å². The van der Waals surface area contributed by atoms with Crippen molar-refractivity contribution in [3.63, 3.8) is 0 Å². The van der Waals surface area contributed by atoms with Crippen LogP contribution in [0.2, 0.25) is 0 Å². The lowest BCUT2D eigenvalue weighted by atomic mass is 9.61. The molecule has 1 fully saturated rings. The van der Waals surface area contributed by atoms with Crippen LogP contribution in [-0.2, 0) is 9.59 Å². The Bertz CT molecular complexity index is 351. The first kappa shape index (κ1) is 13.9. The first-order valence-electron chi connectivity index (χ1n) is 5.59. The van der Waals surface area contributed by atoms with Crippen LogP contribution in [0.1, 0.15) is 19.8 Å². The molecule has 5 nitrogen and oxygen atoms in total. The van der Waals surface area contributed by atoms with Gasteiger partial charge in [-0.25, -0.2) is 0 Å².